The van der Waals surface area contributed by atoms with Crippen LogP contribution in [0.15, 0.2) is 83.8 Å². The number of ether oxygens (including phenoxy) is 3. The molecule has 4 heterocycles. The lowest BCUT2D eigenvalue weighted by Gasteiger charge is -2.18. The summed E-state index contributed by atoms with van der Waals surface area (Å²) in [6.07, 6.45) is 4.71. The van der Waals surface area contributed by atoms with Crippen LogP contribution in [0, 0.1) is 0 Å². The number of para-hydroxylation sites is 1. The second kappa shape index (κ2) is 10.5. The van der Waals surface area contributed by atoms with Gasteiger partial charge in [-0.2, -0.15) is 14.6 Å². The molecular weight excluding hydrogens is 538 g/mol. The Morgan fingerprint density at radius 1 is 0.951 bits per heavy atom. The quantitative estimate of drug-likeness (QED) is 0.276. The number of rotatable bonds is 7. The van der Waals surface area contributed by atoms with Gasteiger partial charge in [0.25, 0.3) is 5.56 Å². The van der Waals surface area contributed by atoms with Gasteiger partial charge in [0.1, 0.15) is 24.7 Å². The van der Waals surface area contributed by atoms with E-state index in [9.17, 15) is 4.79 Å². The van der Waals surface area contributed by atoms with Crippen molar-refractivity contribution in [2.24, 2.45) is 0 Å². The average Bonchev–Trinajstić information content (AvgIpc) is 3.71. The minimum atomic E-state index is -0.229. The zero-order valence-electron chi connectivity index (χ0n) is 22.2. The molecular formula is C31H25N5O4S. The minimum absolute atomic E-state index is 0.229. The smallest absolute Gasteiger partial charge is 0.291 e. The van der Waals surface area contributed by atoms with Crippen molar-refractivity contribution in [3.05, 3.63) is 99.4 Å². The van der Waals surface area contributed by atoms with E-state index in [-0.39, 0.29) is 5.56 Å². The van der Waals surface area contributed by atoms with Gasteiger partial charge in [0.05, 0.1) is 16.8 Å². The van der Waals surface area contributed by atoms with Gasteiger partial charge in [0, 0.05) is 22.9 Å². The number of hydrogen-bond acceptors (Lipinski definition) is 8. The zero-order valence-corrected chi connectivity index (χ0v) is 23.0. The maximum Gasteiger partial charge on any atom is 0.291 e. The van der Waals surface area contributed by atoms with E-state index >= 15 is 0 Å². The van der Waals surface area contributed by atoms with Crippen molar-refractivity contribution in [3.63, 3.8) is 0 Å². The molecule has 10 heteroatoms. The zero-order chi connectivity index (χ0) is 27.8. The van der Waals surface area contributed by atoms with Crippen molar-refractivity contribution in [1.29, 1.82) is 0 Å². The van der Waals surface area contributed by atoms with Gasteiger partial charge in [-0.3, -0.25) is 4.79 Å². The van der Waals surface area contributed by atoms with Crippen LogP contribution in [-0.4, -0.2) is 44.2 Å². The van der Waals surface area contributed by atoms with E-state index in [1.165, 1.54) is 15.9 Å². The van der Waals surface area contributed by atoms with Crippen LogP contribution in [0.2, 0.25) is 0 Å². The molecule has 204 valence electrons. The maximum atomic E-state index is 13.4. The number of hydrogen-bond donors (Lipinski definition) is 0. The van der Waals surface area contributed by atoms with Gasteiger partial charge in [0.2, 0.25) is 4.96 Å². The molecule has 3 aromatic carbocycles. The van der Waals surface area contributed by atoms with Gasteiger partial charge >= 0.3 is 0 Å². The molecule has 0 radical (unpaired) electrons. The summed E-state index contributed by atoms with van der Waals surface area (Å²) in [5.41, 5.74) is 3.86. The van der Waals surface area contributed by atoms with Crippen molar-refractivity contribution in [2.45, 2.75) is 13.3 Å². The molecule has 41 heavy (non-hydrogen) atoms. The molecule has 0 bridgehead atoms. The Bertz CT molecular complexity index is 1960. The van der Waals surface area contributed by atoms with Gasteiger partial charge < -0.3 is 14.2 Å². The highest BCUT2D eigenvalue weighted by molar-refractivity contribution is 7.15. The fourth-order valence-electron chi connectivity index (χ4n) is 4.64. The molecule has 0 saturated heterocycles. The van der Waals surface area contributed by atoms with Crippen molar-refractivity contribution < 1.29 is 14.2 Å². The SMILES string of the molecule is CCCOc1ccc(-c2nc3s/c(=C\c4cn(-c5ccccc5)nc4-c4ccc5c(c4)OCCO5)c(=O)n3n2)cc1. The van der Waals surface area contributed by atoms with E-state index in [0.717, 1.165) is 40.2 Å². The molecule has 3 aromatic heterocycles. The Balaban J connectivity index is 1.29. The third-order valence-corrected chi connectivity index (χ3v) is 7.59. The summed E-state index contributed by atoms with van der Waals surface area (Å²) in [5, 5.41) is 9.40. The summed E-state index contributed by atoms with van der Waals surface area (Å²) in [6, 6.07) is 23.2. The molecule has 7 rings (SSSR count). The van der Waals surface area contributed by atoms with Gasteiger partial charge in [0.15, 0.2) is 17.3 Å². The highest BCUT2D eigenvalue weighted by atomic mass is 32.1. The highest BCUT2D eigenvalue weighted by Crippen LogP contribution is 2.35. The molecule has 0 fully saturated rings. The second-order valence-electron chi connectivity index (χ2n) is 9.49. The molecule has 0 atom stereocenters. The van der Waals surface area contributed by atoms with Crippen LogP contribution in [0.1, 0.15) is 18.9 Å². The van der Waals surface area contributed by atoms with Crippen LogP contribution < -0.4 is 24.3 Å². The van der Waals surface area contributed by atoms with Gasteiger partial charge in [-0.25, -0.2) is 4.68 Å². The van der Waals surface area contributed by atoms with E-state index < -0.39 is 0 Å². The first-order valence-corrected chi connectivity index (χ1v) is 14.2. The topological polar surface area (TPSA) is 92.8 Å². The van der Waals surface area contributed by atoms with Gasteiger partial charge in [-0.05, 0) is 67.1 Å². The van der Waals surface area contributed by atoms with E-state index in [4.69, 9.17) is 19.3 Å². The lowest BCUT2D eigenvalue weighted by atomic mass is 10.1. The van der Waals surface area contributed by atoms with Gasteiger partial charge in [-0.15, -0.1) is 5.10 Å². The van der Waals surface area contributed by atoms with Crippen LogP contribution in [0.4, 0.5) is 0 Å². The lowest BCUT2D eigenvalue weighted by Crippen LogP contribution is -2.23. The van der Waals surface area contributed by atoms with Crippen molar-refractivity contribution in [1.82, 2.24) is 24.4 Å². The van der Waals surface area contributed by atoms with Crippen molar-refractivity contribution in [2.75, 3.05) is 19.8 Å². The average molecular weight is 564 g/mol. The predicted molar refractivity (Wildman–Crippen MR) is 157 cm³/mol. The molecule has 0 N–H and O–H groups in total. The van der Waals surface area contributed by atoms with Crippen LogP contribution in [0.5, 0.6) is 17.2 Å². The third-order valence-electron chi connectivity index (χ3n) is 6.63. The van der Waals surface area contributed by atoms with Crippen LogP contribution in [0.3, 0.4) is 0 Å². The van der Waals surface area contributed by atoms with Crippen molar-refractivity contribution >= 4 is 22.4 Å². The first kappa shape index (κ1) is 25.0. The molecule has 6 aromatic rings. The van der Waals surface area contributed by atoms with Gasteiger partial charge in [-0.1, -0.05) is 36.5 Å². The molecule has 0 saturated carbocycles. The summed E-state index contributed by atoms with van der Waals surface area (Å²) in [6.45, 7) is 3.75. The predicted octanol–water partition coefficient (Wildman–Crippen LogP) is 4.78. The lowest BCUT2D eigenvalue weighted by molar-refractivity contribution is 0.171. The first-order valence-electron chi connectivity index (χ1n) is 13.4. The number of aromatic nitrogens is 5. The minimum Gasteiger partial charge on any atom is -0.494 e. The summed E-state index contributed by atoms with van der Waals surface area (Å²) >= 11 is 1.30. The van der Waals surface area contributed by atoms with Crippen LogP contribution >= 0.6 is 11.3 Å². The standard InChI is InChI=1S/C31H25N5O4S/c1-2-14-38-24-11-8-20(9-12-24)29-32-31-36(34-29)30(37)27(41-31)18-22-19-35(23-6-4-3-5-7-23)33-28(22)21-10-13-25-26(17-21)40-16-15-39-25/h3-13,17-19H,2,14-16H2,1H3/b27-18-. The molecule has 0 unspecified atom stereocenters. The normalized spacial score (nSPS) is 13.1. The number of fused-ring (bicyclic) bond motifs is 2. The monoisotopic (exact) mass is 563 g/mol. The Morgan fingerprint density at radius 2 is 1.73 bits per heavy atom. The summed E-state index contributed by atoms with van der Waals surface area (Å²) in [5.74, 6) is 2.67. The number of benzene rings is 3. The van der Waals surface area contributed by atoms with Crippen LogP contribution in [0.25, 0.3) is 39.4 Å². The number of thiazole rings is 1. The Kier molecular flexibility index (Phi) is 6.44. The Morgan fingerprint density at radius 3 is 2.51 bits per heavy atom. The Hall–Kier alpha value is -4.96. The molecule has 9 nitrogen and oxygen atoms in total. The molecule has 0 amide bonds. The van der Waals surface area contributed by atoms with E-state index in [1.54, 1.807) is 0 Å². The summed E-state index contributed by atoms with van der Waals surface area (Å²) < 4.78 is 20.9. The molecule has 1 aliphatic rings. The first-order chi connectivity index (χ1) is 20.2. The van der Waals surface area contributed by atoms with Crippen LogP contribution in [-0.2, 0) is 0 Å². The number of nitrogens with zero attached hydrogens (tertiary/aromatic N) is 5. The van der Waals surface area contributed by atoms with E-state index in [2.05, 4.69) is 17.0 Å². The summed E-state index contributed by atoms with van der Waals surface area (Å²) in [7, 11) is 0. The largest absolute Gasteiger partial charge is 0.494 e. The van der Waals surface area contributed by atoms with E-state index in [0.29, 0.717) is 46.6 Å². The van der Waals surface area contributed by atoms with Crippen molar-refractivity contribution in [3.8, 4) is 45.6 Å². The molecule has 1 aliphatic heterocycles. The molecule has 0 spiro atoms. The molecule has 0 aliphatic carbocycles. The van der Waals surface area contributed by atoms with E-state index in [1.807, 2.05) is 89.8 Å². The summed E-state index contributed by atoms with van der Waals surface area (Å²) in [4.78, 5) is 18.6. The second-order valence-corrected chi connectivity index (χ2v) is 10.5. The third kappa shape index (κ3) is 4.82. The fraction of sp³-hybridized carbons (Fsp3) is 0.161. The highest BCUT2D eigenvalue weighted by Gasteiger charge is 2.18. The Labute approximate surface area is 238 Å². The fourth-order valence-corrected chi connectivity index (χ4v) is 5.54. The maximum absolute atomic E-state index is 13.4.